The van der Waals surface area contributed by atoms with Gasteiger partial charge in [-0.2, -0.15) is 5.26 Å². The molecule has 0 spiro atoms. The van der Waals surface area contributed by atoms with Crippen molar-refractivity contribution in [3.8, 4) is 6.07 Å². The van der Waals surface area contributed by atoms with Gasteiger partial charge in [0.1, 0.15) is 11.0 Å². The summed E-state index contributed by atoms with van der Waals surface area (Å²) in [6.45, 7) is 6.42. The number of pyridine rings is 3. The Morgan fingerprint density at radius 2 is 2.14 bits per heavy atom. The molecular formula is C29H35N5O3. The maximum atomic E-state index is 13.2. The fraction of sp³-hybridized carbons (Fsp3) is 0.448. The number of nitrogens with one attached hydrogen (secondary N) is 1. The van der Waals surface area contributed by atoms with Crippen molar-refractivity contribution in [2.75, 3.05) is 26.8 Å². The van der Waals surface area contributed by atoms with Gasteiger partial charge in [-0.3, -0.25) is 19.0 Å². The summed E-state index contributed by atoms with van der Waals surface area (Å²) in [6, 6.07) is 15.5. The standard InChI is InChI=1S/C29H35N5O3/c1-4-29(20-30,26-10-5-7-13-31-26)12-15-33(3)18-22-17-23(28(36)34-14-8-6-9-25(22)34)27(35)32-24-11-16-37-19-21(24)2/h5-10,13-14,17,21,24H,4,11-12,15-16,18-19H2,1-3H3,(H,32,35)/t21-,24-,29?/m0/s1. The van der Waals surface area contributed by atoms with Crippen molar-refractivity contribution in [3.63, 3.8) is 0 Å². The molecule has 8 nitrogen and oxygen atoms in total. The van der Waals surface area contributed by atoms with E-state index in [0.29, 0.717) is 39.1 Å². The Labute approximate surface area is 217 Å². The molecular weight excluding hydrogens is 466 g/mol. The molecule has 3 aromatic rings. The molecule has 1 aliphatic heterocycles. The van der Waals surface area contributed by atoms with Crippen LogP contribution in [0.5, 0.6) is 0 Å². The normalized spacial score (nSPS) is 19.3. The highest BCUT2D eigenvalue weighted by Gasteiger charge is 2.32. The van der Waals surface area contributed by atoms with Crippen molar-refractivity contribution in [1.82, 2.24) is 19.6 Å². The second-order valence-corrected chi connectivity index (χ2v) is 10.0. The minimum Gasteiger partial charge on any atom is -0.381 e. The quantitative estimate of drug-likeness (QED) is 0.481. The number of nitriles is 1. The second kappa shape index (κ2) is 11.7. The molecule has 37 heavy (non-hydrogen) atoms. The van der Waals surface area contributed by atoms with Crippen LogP contribution in [0.25, 0.3) is 5.52 Å². The Morgan fingerprint density at radius 3 is 2.84 bits per heavy atom. The van der Waals surface area contributed by atoms with E-state index in [1.165, 1.54) is 0 Å². The molecule has 8 heteroatoms. The fourth-order valence-corrected chi connectivity index (χ4v) is 5.03. The molecule has 0 radical (unpaired) electrons. The maximum absolute atomic E-state index is 13.2. The van der Waals surface area contributed by atoms with Crippen LogP contribution in [0.15, 0.2) is 59.7 Å². The topological polar surface area (TPSA) is 99.7 Å². The Kier molecular flexibility index (Phi) is 8.37. The monoisotopic (exact) mass is 501 g/mol. The van der Waals surface area contributed by atoms with Crippen LogP contribution in [0.3, 0.4) is 0 Å². The van der Waals surface area contributed by atoms with Crippen molar-refractivity contribution in [1.29, 1.82) is 5.26 Å². The van der Waals surface area contributed by atoms with E-state index in [4.69, 9.17) is 4.74 Å². The van der Waals surface area contributed by atoms with Crippen molar-refractivity contribution in [2.24, 2.45) is 5.92 Å². The third-order valence-electron chi connectivity index (χ3n) is 7.49. The molecule has 1 amide bonds. The highest BCUT2D eigenvalue weighted by Crippen LogP contribution is 2.30. The Hall–Kier alpha value is -3.54. The first kappa shape index (κ1) is 26.5. The van der Waals surface area contributed by atoms with Crippen LogP contribution in [0.1, 0.15) is 54.7 Å². The zero-order valence-corrected chi connectivity index (χ0v) is 21.8. The summed E-state index contributed by atoms with van der Waals surface area (Å²) in [5.41, 5.74) is 1.57. The van der Waals surface area contributed by atoms with Crippen molar-refractivity contribution < 1.29 is 9.53 Å². The number of amides is 1. The minimum absolute atomic E-state index is 0.0250. The molecule has 4 rings (SSSR count). The second-order valence-electron chi connectivity index (χ2n) is 10.0. The van der Waals surface area contributed by atoms with Crippen molar-refractivity contribution in [2.45, 2.75) is 51.1 Å². The van der Waals surface area contributed by atoms with Gasteiger partial charge in [0.25, 0.3) is 11.5 Å². The number of nitrogens with zero attached hydrogens (tertiary/aromatic N) is 4. The van der Waals surface area contributed by atoms with E-state index in [0.717, 1.165) is 23.2 Å². The first-order valence-corrected chi connectivity index (χ1v) is 12.9. The van der Waals surface area contributed by atoms with E-state index in [1.807, 2.05) is 51.2 Å². The van der Waals surface area contributed by atoms with Gasteiger partial charge in [0.15, 0.2) is 0 Å². The van der Waals surface area contributed by atoms with Gasteiger partial charge in [0.2, 0.25) is 0 Å². The zero-order chi connectivity index (χ0) is 26.4. The van der Waals surface area contributed by atoms with E-state index < -0.39 is 5.41 Å². The van der Waals surface area contributed by atoms with Crippen LogP contribution in [0.2, 0.25) is 0 Å². The number of aromatic nitrogens is 2. The first-order chi connectivity index (χ1) is 17.9. The molecule has 0 aromatic carbocycles. The van der Waals surface area contributed by atoms with Crippen LogP contribution in [0.4, 0.5) is 0 Å². The maximum Gasteiger partial charge on any atom is 0.267 e. The summed E-state index contributed by atoms with van der Waals surface area (Å²) in [5.74, 6) is -0.167. The number of ether oxygens (including phenoxy) is 1. The molecule has 0 saturated carbocycles. The predicted octanol–water partition coefficient (Wildman–Crippen LogP) is 3.54. The van der Waals surface area contributed by atoms with Crippen LogP contribution < -0.4 is 10.9 Å². The molecule has 1 N–H and O–H groups in total. The van der Waals surface area contributed by atoms with Gasteiger partial charge in [-0.1, -0.05) is 26.0 Å². The van der Waals surface area contributed by atoms with E-state index in [-0.39, 0.29) is 29.0 Å². The predicted molar refractivity (Wildman–Crippen MR) is 142 cm³/mol. The number of hydrogen-bond acceptors (Lipinski definition) is 6. The van der Waals surface area contributed by atoms with Gasteiger partial charge in [0.05, 0.1) is 23.9 Å². The van der Waals surface area contributed by atoms with Crippen molar-refractivity contribution in [3.05, 3.63) is 82.0 Å². The Bertz CT molecular complexity index is 1330. The lowest BCUT2D eigenvalue weighted by atomic mass is 9.79. The summed E-state index contributed by atoms with van der Waals surface area (Å²) in [7, 11) is 1.99. The summed E-state index contributed by atoms with van der Waals surface area (Å²) in [5, 5.41) is 13.1. The average molecular weight is 502 g/mol. The molecule has 3 atom stereocenters. The SMILES string of the molecule is CCC(C#N)(CCN(C)Cc1cc(C(=O)N[C@H]2CCOC[C@@H]2C)c(=O)n2ccccc12)c1ccccn1. The largest absolute Gasteiger partial charge is 0.381 e. The highest BCUT2D eigenvalue weighted by molar-refractivity contribution is 5.94. The minimum atomic E-state index is -0.670. The van der Waals surface area contributed by atoms with Gasteiger partial charge < -0.3 is 15.0 Å². The smallest absolute Gasteiger partial charge is 0.267 e. The Morgan fingerprint density at radius 1 is 1.32 bits per heavy atom. The molecule has 1 aliphatic rings. The molecule has 194 valence electrons. The molecule has 0 bridgehead atoms. The highest BCUT2D eigenvalue weighted by atomic mass is 16.5. The Balaban J connectivity index is 1.57. The zero-order valence-electron chi connectivity index (χ0n) is 21.8. The fourth-order valence-electron chi connectivity index (χ4n) is 5.03. The van der Waals surface area contributed by atoms with Gasteiger partial charge >= 0.3 is 0 Å². The van der Waals surface area contributed by atoms with Crippen LogP contribution in [-0.2, 0) is 16.7 Å². The van der Waals surface area contributed by atoms with Gasteiger partial charge in [-0.05, 0) is 68.1 Å². The summed E-state index contributed by atoms with van der Waals surface area (Å²) in [6.07, 6.45) is 5.43. The van der Waals surface area contributed by atoms with E-state index >= 15 is 0 Å². The molecule has 4 heterocycles. The van der Waals surface area contributed by atoms with Gasteiger partial charge in [-0.15, -0.1) is 0 Å². The number of fused-ring (bicyclic) bond motifs is 1. The first-order valence-electron chi connectivity index (χ1n) is 12.9. The lowest BCUT2D eigenvalue weighted by molar-refractivity contribution is 0.0374. The van der Waals surface area contributed by atoms with Crippen LogP contribution >= 0.6 is 0 Å². The number of carbonyl (C=O) groups is 1. The van der Waals surface area contributed by atoms with Crippen LogP contribution in [-0.4, -0.2) is 53.0 Å². The summed E-state index contributed by atoms with van der Waals surface area (Å²) in [4.78, 5) is 33.1. The number of carbonyl (C=O) groups excluding carboxylic acids is 1. The number of rotatable bonds is 9. The summed E-state index contributed by atoms with van der Waals surface area (Å²) >= 11 is 0. The van der Waals surface area contributed by atoms with E-state index in [9.17, 15) is 14.9 Å². The van der Waals surface area contributed by atoms with Crippen LogP contribution in [0, 0.1) is 17.2 Å². The lowest BCUT2D eigenvalue weighted by Gasteiger charge is -2.29. The van der Waals surface area contributed by atoms with Gasteiger partial charge in [-0.25, -0.2) is 0 Å². The van der Waals surface area contributed by atoms with Crippen molar-refractivity contribution >= 4 is 11.4 Å². The number of hydrogen-bond donors (Lipinski definition) is 1. The lowest BCUT2D eigenvalue weighted by Crippen LogP contribution is -2.45. The van der Waals surface area contributed by atoms with E-state index in [2.05, 4.69) is 21.3 Å². The molecule has 0 aliphatic carbocycles. The third-order valence-corrected chi connectivity index (χ3v) is 7.49. The van der Waals surface area contributed by atoms with E-state index in [1.54, 1.807) is 28.9 Å². The van der Waals surface area contributed by atoms with Gasteiger partial charge in [0, 0.05) is 38.1 Å². The third kappa shape index (κ3) is 5.74. The molecule has 3 aromatic heterocycles. The average Bonchev–Trinajstić information content (AvgIpc) is 2.93. The molecule has 1 saturated heterocycles. The molecule has 1 fully saturated rings. The molecule has 1 unspecified atom stereocenters. The summed E-state index contributed by atoms with van der Waals surface area (Å²) < 4.78 is 7.03.